The van der Waals surface area contributed by atoms with E-state index in [2.05, 4.69) is 13.8 Å². The van der Waals surface area contributed by atoms with Gasteiger partial charge in [0.1, 0.15) is 5.41 Å². The number of hydrogen-bond donors (Lipinski definition) is 0. The van der Waals surface area contributed by atoms with Crippen LogP contribution in [0, 0.1) is 29.1 Å². The Morgan fingerprint density at radius 3 is 1.23 bits per heavy atom. The topological polar surface area (TPSA) is 51.2 Å². The van der Waals surface area contributed by atoms with Gasteiger partial charge >= 0.3 is 0 Å². The Balaban J connectivity index is 5.87. The standard InChI is InChI=1S/C19H34O3/c1-12(2)10-9-11-19(16(20)13(3)4,17(21)14(5)6)18(22)15(7)8/h12-15H,9-11H2,1-8H3. The number of ketones is 3. The van der Waals surface area contributed by atoms with Crippen molar-refractivity contribution in [2.45, 2.75) is 74.7 Å². The Hall–Kier alpha value is -0.990. The summed E-state index contributed by atoms with van der Waals surface area (Å²) in [4.78, 5) is 38.7. The molecule has 0 N–H and O–H groups in total. The van der Waals surface area contributed by atoms with E-state index in [1.807, 2.05) is 0 Å². The van der Waals surface area contributed by atoms with Gasteiger partial charge in [0.05, 0.1) is 0 Å². The summed E-state index contributed by atoms with van der Waals surface area (Å²) in [5.74, 6) is -1.05. The first kappa shape index (κ1) is 21.0. The number of hydrogen-bond acceptors (Lipinski definition) is 3. The molecule has 0 fully saturated rings. The molecule has 22 heavy (non-hydrogen) atoms. The molecule has 0 aliphatic rings. The predicted octanol–water partition coefficient (Wildman–Crippen LogP) is 4.47. The third-order valence-corrected chi connectivity index (χ3v) is 4.17. The van der Waals surface area contributed by atoms with Crippen molar-refractivity contribution in [2.75, 3.05) is 0 Å². The van der Waals surface area contributed by atoms with Gasteiger partial charge in [-0.15, -0.1) is 0 Å². The summed E-state index contributed by atoms with van der Waals surface area (Å²) in [6.07, 6.45) is 2.01. The summed E-state index contributed by atoms with van der Waals surface area (Å²) < 4.78 is 0. The smallest absolute Gasteiger partial charge is 0.156 e. The molecule has 0 bridgehead atoms. The highest BCUT2D eigenvalue weighted by molar-refractivity contribution is 6.25. The van der Waals surface area contributed by atoms with Gasteiger partial charge in [-0.1, -0.05) is 68.2 Å². The Morgan fingerprint density at radius 1 is 0.682 bits per heavy atom. The molecule has 3 heteroatoms. The van der Waals surface area contributed by atoms with E-state index in [1.165, 1.54) is 0 Å². The molecule has 0 saturated carbocycles. The summed E-state index contributed by atoms with van der Waals surface area (Å²) in [5, 5.41) is 0. The van der Waals surface area contributed by atoms with Crippen LogP contribution in [0.25, 0.3) is 0 Å². The van der Waals surface area contributed by atoms with Crippen molar-refractivity contribution in [1.29, 1.82) is 0 Å². The van der Waals surface area contributed by atoms with Crippen LogP contribution in [0.5, 0.6) is 0 Å². The Bertz CT molecular complexity index is 353. The van der Waals surface area contributed by atoms with Crippen molar-refractivity contribution in [1.82, 2.24) is 0 Å². The highest BCUT2D eigenvalue weighted by Crippen LogP contribution is 2.37. The fourth-order valence-electron chi connectivity index (χ4n) is 2.99. The molecule has 0 saturated heterocycles. The molecule has 3 nitrogen and oxygen atoms in total. The number of Topliss-reactive ketones (excluding diaryl/α,β-unsaturated/α-hetero) is 3. The summed E-state index contributed by atoms with van der Waals surface area (Å²) in [7, 11) is 0. The van der Waals surface area contributed by atoms with E-state index in [1.54, 1.807) is 41.5 Å². The van der Waals surface area contributed by atoms with Gasteiger partial charge in [-0.25, -0.2) is 0 Å². The van der Waals surface area contributed by atoms with E-state index >= 15 is 0 Å². The molecule has 0 aromatic rings. The van der Waals surface area contributed by atoms with Crippen LogP contribution in [0.4, 0.5) is 0 Å². The van der Waals surface area contributed by atoms with Crippen LogP contribution in [0.15, 0.2) is 0 Å². The third kappa shape index (κ3) is 4.76. The van der Waals surface area contributed by atoms with E-state index in [9.17, 15) is 14.4 Å². The third-order valence-electron chi connectivity index (χ3n) is 4.17. The van der Waals surface area contributed by atoms with Crippen molar-refractivity contribution in [3.8, 4) is 0 Å². The van der Waals surface area contributed by atoms with Crippen molar-refractivity contribution in [3.63, 3.8) is 0 Å². The first-order valence-electron chi connectivity index (χ1n) is 8.61. The molecule has 0 aliphatic carbocycles. The minimum Gasteiger partial charge on any atom is -0.298 e. The second kappa shape index (κ2) is 8.59. The maximum absolute atomic E-state index is 12.9. The van der Waals surface area contributed by atoms with Gasteiger partial charge in [-0.3, -0.25) is 14.4 Å². The van der Waals surface area contributed by atoms with Crippen LogP contribution >= 0.6 is 0 Å². The second-order valence-corrected chi connectivity index (χ2v) is 7.75. The van der Waals surface area contributed by atoms with Gasteiger partial charge in [-0.2, -0.15) is 0 Å². The summed E-state index contributed by atoms with van der Waals surface area (Å²) in [6.45, 7) is 14.9. The van der Waals surface area contributed by atoms with Crippen LogP contribution < -0.4 is 0 Å². The molecule has 0 radical (unpaired) electrons. The van der Waals surface area contributed by atoms with Crippen LogP contribution in [-0.4, -0.2) is 17.3 Å². The summed E-state index contributed by atoms with van der Waals surface area (Å²) >= 11 is 0. The van der Waals surface area contributed by atoms with Crippen LogP contribution in [-0.2, 0) is 14.4 Å². The Morgan fingerprint density at radius 2 is 1.00 bits per heavy atom. The molecule has 0 heterocycles. The molecule has 0 rings (SSSR count). The first-order valence-corrected chi connectivity index (χ1v) is 8.61. The lowest BCUT2D eigenvalue weighted by Crippen LogP contribution is -2.51. The van der Waals surface area contributed by atoms with Crippen LogP contribution in [0.2, 0.25) is 0 Å². The molecule has 0 spiro atoms. The highest BCUT2D eigenvalue weighted by Gasteiger charge is 2.52. The Kier molecular flexibility index (Phi) is 8.21. The fraction of sp³-hybridized carbons (Fsp3) is 0.842. The van der Waals surface area contributed by atoms with E-state index < -0.39 is 5.41 Å². The zero-order chi connectivity index (χ0) is 17.7. The average Bonchev–Trinajstić information content (AvgIpc) is 2.40. The van der Waals surface area contributed by atoms with Crippen LogP contribution in [0.3, 0.4) is 0 Å². The molecule has 0 atom stereocenters. The Labute approximate surface area is 136 Å². The van der Waals surface area contributed by atoms with Gasteiger partial charge in [0, 0.05) is 17.8 Å². The quantitative estimate of drug-likeness (QED) is 0.559. The van der Waals surface area contributed by atoms with Gasteiger partial charge in [0.15, 0.2) is 17.3 Å². The maximum Gasteiger partial charge on any atom is 0.156 e. The monoisotopic (exact) mass is 310 g/mol. The lowest BCUT2D eigenvalue weighted by atomic mass is 9.64. The normalized spacial score (nSPS) is 12.5. The largest absolute Gasteiger partial charge is 0.298 e. The number of rotatable bonds is 10. The van der Waals surface area contributed by atoms with Crippen LogP contribution in [0.1, 0.15) is 74.7 Å². The van der Waals surface area contributed by atoms with Gasteiger partial charge in [-0.05, 0) is 12.3 Å². The van der Waals surface area contributed by atoms with E-state index in [4.69, 9.17) is 0 Å². The molecule has 0 aliphatic heterocycles. The van der Waals surface area contributed by atoms with Crippen molar-refractivity contribution in [2.24, 2.45) is 29.1 Å². The number of carbonyl (C=O) groups is 3. The lowest BCUT2D eigenvalue weighted by Gasteiger charge is -2.34. The van der Waals surface area contributed by atoms with E-state index in [0.29, 0.717) is 12.3 Å². The second-order valence-electron chi connectivity index (χ2n) is 7.75. The van der Waals surface area contributed by atoms with Gasteiger partial charge in [0.25, 0.3) is 0 Å². The van der Waals surface area contributed by atoms with Crippen molar-refractivity contribution >= 4 is 17.3 Å². The van der Waals surface area contributed by atoms with Gasteiger partial charge in [0.2, 0.25) is 0 Å². The SMILES string of the molecule is CC(C)CCCC(C(=O)C(C)C)(C(=O)C(C)C)C(=O)C(C)C. The molecule has 128 valence electrons. The fourth-order valence-corrected chi connectivity index (χ4v) is 2.99. The molecular weight excluding hydrogens is 276 g/mol. The molecule has 0 unspecified atom stereocenters. The zero-order valence-corrected chi connectivity index (χ0v) is 15.7. The summed E-state index contributed by atoms with van der Waals surface area (Å²) in [5.41, 5.74) is -1.44. The van der Waals surface area contributed by atoms with Crippen molar-refractivity contribution < 1.29 is 14.4 Å². The van der Waals surface area contributed by atoms with Crippen molar-refractivity contribution in [3.05, 3.63) is 0 Å². The zero-order valence-electron chi connectivity index (χ0n) is 15.7. The van der Waals surface area contributed by atoms with Gasteiger partial charge < -0.3 is 0 Å². The average molecular weight is 310 g/mol. The molecule has 0 amide bonds. The van der Waals surface area contributed by atoms with E-state index in [0.717, 1.165) is 12.8 Å². The molecular formula is C19H34O3. The summed E-state index contributed by atoms with van der Waals surface area (Å²) in [6, 6.07) is 0. The number of carbonyl (C=O) groups excluding carboxylic acids is 3. The minimum absolute atomic E-state index is 0.200. The van der Waals surface area contributed by atoms with E-state index in [-0.39, 0.29) is 35.1 Å². The molecule has 0 aromatic heterocycles. The first-order chi connectivity index (χ1) is 9.98. The highest BCUT2D eigenvalue weighted by atomic mass is 16.2. The molecule has 0 aromatic carbocycles. The minimum atomic E-state index is -1.44. The lowest BCUT2D eigenvalue weighted by molar-refractivity contribution is -0.154. The maximum atomic E-state index is 12.9. The predicted molar refractivity (Wildman–Crippen MR) is 90.7 cm³/mol.